The minimum Gasteiger partial charge on any atom is -0.383 e. The van der Waals surface area contributed by atoms with E-state index in [0.29, 0.717) is 22.8 Å². The molecule has 1 saturated carbocycles. The number of hydrogen-bond acceptors (Lipinski definition) is 4. The molecule has 116 valence electrons. The maximum absolute atomic E-state index is 12.4. The van der Waals surface area contributed by atoms with Gasteiger partial charge < -0.3 is 16.0 Å². The summed E-state index contributed by atoms with van der Waals surface area (Å²) in [5, 5.41) is 10.1. The Morgan fingerprint density at radius 2 is 2.24 bits per heavy atom. The van der Waals surface area contributed by atoms with Gasteiger partial charge in [0.15, 0.2) is 0 Å². The molecule has 1 aromatic rings. The van der Waals surface area contributed by atoms with Crippen molar-refractivity contribution in [3.8, 4) is 0 Å². The van der Waals surface area contributed by atoms with Crippen molar-refractivity contribution in [3.63, 3.8) is 0 Å². The van der Waals surface area contributed by atoms with Crippen LogP contribution in [0, 0.1) is 11.3 Å². The summed E-state index contributed by atoms with van der Waals surface area (Å²) < 4.78 is 0. The summed E-state index contributed by atoms with van der Waals surface area (Å²) in [5.74, 6) is 1.18. The fourth-order valence-electron chi connectivity index (χ4n) is 3.05. The van der Waals surface area contributed by atoms with Crippen LogP contribution in [-0.2, 0) is 0 Å². The third-order valence-corrected chi connectivity index (χ3v) is 5.06. The van der Waals surface area contributed by atoms with Crippen molar-refractivity contribution in [1.29, 1.82) is 0 Å². The number of carbonyl (C=O) groups excluding carboxylic acids is 1. The SMILES string of the molecule is C[C@@H]1C[C@H]1NCC1(C)CCN(C(=O)c2cn[nH]c2N)CC1. The van der Waals surface area contributed by atoms with E-state index >= 15 is 0 Å². The molecule has 2 fully saturated rings. The smallest absolute Gasteiger partial charge is 0.259 e. The van der Waals surface area contributed by atoms with Crippen LogP contribution >= 0.6 is 0 Å². The first-order valence-electron chi connectivity index (χ1n) is 7.80. The second kappa shape index (κ2) is 5.33. The zero-order valence-corrected chi connectivity index (χ0v) is 12.9. The number of carbonyl (C=O) groups is 1. The van der Waals surface area contributed by atoms with Crippen molar-refractivity contribution in [2.45, 2.75) is 39.2 Å². The summed E-state index contributed by atoms with van der Waals surface area (Å²) in [5.41, 5.74) is 6.51. The van der Waals surface area contributed by atoms with Gasteiger partial charge >= 0.3 is 0 Å². The number of hydrogen-bond donors (Lipinski definition) is 3. The van der Waals surface area contributed by atoms with Gasteiger partial charge in [-0.05, 0) is 30.6 Å². The normalized spacial score (nSPS) is 27.6. The Kier molecular flexibility index (Phi) is 3.65. The van der Waals surface area contributed by atoms with Gasteiger partial charge in [0.25, 0.3) is 5.91 Å². The van der Waals surface area contributed by atoms with Crippen LogP contribution in [0.2, 0.25) is 0 Å². The average Bonchev–Trinajstić information content (AvgIpc) is 3.00. The number of nitrogens with zero attached hydrogens (tertiary/aromatic N) is 2. The zero-order chi connectivity index (χ0) is 15.0. The molecule has 21 heavy (non-hydrogen) atoms. The minimum atomic E-state index is -0.00734. The van der Waals surface area contributed by atoms with Crippen LogP contribution in [0.15, 0.2) is 6.20 Å². The lowest BCUT2D eigenvalue weighted by atomic mass is 9.80. The molecular formula is C15H25N5O. The summed E-state index contributed by atoms with van der Waals surface area (Å²) >= 11 is 0. The van der Waals surface area contributed by atoms with Crippen molar-refractivity contribution in [2.75, 3.05) is 25.4 Å². The molecule has 0 spiro atoms. The predicted molar refractivity (Wildman–Crippen MR) is 81.8 cm³/mol. The Morgan fingerprint density at radius 3 is 2.76 bits per heavy atom. The molecule has 1 aliphatic carbocycles. The van der Waals surface area contributed by atoms with Crippen LogP contribution < -0.4 is 11.1 Å². The Hall–Kier alpha value is -1.56. The van der Waals surface area contributed by atoms with Gasteiger partial charge in [0, 0.05) is 25.7 Å². The number of anilines is 1. The topological polar surface area (TPSA) is 87.0 Å². The number of aromatic amines is 1. The highest BCUT2D eigenvalue weighted by Crippen LogP contribution is 2.34. The van der Waals surface area contributed by atoms with Crippen LogP contribution in [0.5, 0.6) is 0 Å². The molecule has 2 atom stereocenters. The number of piperidine rings is 1. The molecule has 6 nitrogen and oxygen atoms in total. The second-order valence-electron chi connectivity index (χ2n) is 7.00. The molecule has 0 radical (unpaired) electrons. The summed E-state index contributed by atoms with van der Waals surface area (Å²) in [6.45, 7) is 7.25. The van der Waals surface area contributed by atoms with Crippen molar-refractivity contribution in [2.24, 2.45) is 11.3 Å². The third kappa shape index (κ3) is 3.05. The van der Waals surface area contributed by atoms with Gasteiger partial charge in [-0.2, -0.15) is 5.10 Å². The van der Waals surface area contributed by atoms with E-state index in [1.807, 2.05) is 4.90 Å². The first-order valence-corrected chi connectivity index (χ1v) is 7.80. The molecule has 1 aliphatic heterocycles. The van der Waals surface area contributed by atoms with E-state index in [1.54, 1.807) is 0 Å². The van der Waals surface area contributed by atoms with Gasteiger partial charge in [-0.3, -0.25) is 9.89 Å². The summed E-state index contributed by atoms with van der Waals surface area (Å²) in [6, 6.07) is 0.715. The predicted octanol–water partition coefficient (Wildman–Crippen LogP) is 1.23. The highest BCUT2D eigenvalue weighted by molar-refractivity contribution is 5.98. The van der Waals surface area contributed by atoms with Crippen molar-refractivity contribution >= 4 is 11.7 Å². The van der Waals surface area contributed by atoms with Gasteiger partial charge in [-0.25, -0.2) is 0 Å². The number of likely N-dealkylation sites (tertiary alicyclic amines) is 1. The van der Waals surface area contributed by atoms with E-state index in [-0.39, 0.29) is 5.91 Å². The Labute approximate surface area is 125 Å². The molecule has 2 heterocycles. The van der Waals surface area contributed by atoms with Crippen LogP contribution in [0.4, 0.5) is 5.82 Å². The van der Waals surface area contributed by atoms with E-state index in [1.165, 1.54) is 12.6 Å². The van der Waals surface area contributed by atoms with E-state index < -0.39 is 0 Å². The van der Waals surface area contributed by atoms with Crippen LogP contribution in [0.3, 0.4) is 0 Å². The second-order valence-corrected chi connectivity index (χ2v) is 7.00. The van der Waals surface area contributed by atoms with Gasteiger partial charge in [-0.15, -0.1) is 0 Å². The molecule has 2 aliphatic rings. The standard InChI is InChI=1S/C15H25N5O/c1-10-7-12(10)17-9-15(2)3-5-20(6-4-15)14(21)11-8-18-19-13(11)16/h8,10,12,17H,3-7,9H2,1-2H3,(H3,16,18,19)/t10-,12-/m1/s1. The summed E-state index contributed by atoms with van der Waals surface area (Å²) in [7, 11) is 0. The first kappa shape index (κ1) is 14.4. The maximum Gasteiger partial charge on any atom is 0.259 e. The summed E-state index contributed by atoms with van der Waals surface area (Å²) in [4.78, 5) is 14.3. The van der Waals surface area contributed by atoms with Crippen molar-refractivity contribution in [1.82, 2.24) is 20.4 Å². The number of nitrogens with one attached hydrogen (secondary N) is 2. The lowest BCUT2D eigenvalue weighted by Gasteiger charge is -2.39. The van der Waals surface area contributed by atoms with Gasteiger partial charge in [0.1, 0.15) is 11.4 Å². The quantitative estimate of drug-likeness (QED) is 0.778. The fraction of sp³-hybridized carbons (Fsp3) is 0.733. The molecular weight excluding hydrogens is 266 g/mol. The summed E-state index contributed by atoms with van der Waals surface area (Å²) in [6.07, 6.45) is 4.89. The van der Waals surface area contributed by atoms with E-state index in [4.69, 9.17) is 5.73 Å². The Morgan fingerprint density at radius 1 is 1.57 bits per heavy atom. The highest BCUT2D eigenvalue weighted by Gasteiger charge is 2.37. The molecule has 0 unspecified atom stereocenters. The number of amides is 1. The largest absolute Gasteiger partial charge is 0.383 e. The minimum absolute atomic E-state index is 0.00734. The molecule has 0 aromatic carbocycles. The number of nitrogens with two attached hydrogens (primary N) is 1. The highest BCUT2D eigenvalue weighted by atomic mass is 16.2. The molecule has 4 N–H and O–H groups in total. The number of H-pyrrole nitrogens is 1. The number of rotatable bonds is 4. The molecule has 1 amide bonds. The Bertz CT molecular complexity index is 518. The van der Waals surface area contributed by atoms with Crippen LogP contribution in [0.25, 0.3) is 0 Å². The van der Waals surface area contributed by atoms with Crippen molar-refractivity contribution in [3.05, 3.63) is 11.8 Å². The van der Waals surface area contributed by atoms with E-state index in [9.17, 15) is 4.79 Å². The maximum atomic E-state index is 12.4. The van der Waals surface area contributed by atoms with E-state index in [2.05, 4.69) is 29.4 Å². The van der Waals surface area contributed by atoms with E-state index in [0.717, 1.165) is 38.4 Å². The first-order chi connectivity index (χ1) is 9.98. The zero-order valence-electron chi connectivity index (χ0n) is 12.9. The van der Waals surface area contributed by atoms with Gasteiger partial charge in [0.05, 0.1) is 6.20 Å². The molecule has 1 aromatic heterocycles. The van der Waals surface area contributed by atoms with Gasteiger partial charge in [-0.1, -0.05) is 13.8 Å². The average molecular weight is 291 g/mol. The van der Waals surface area contributed by atoms with Crippen molar-refractivity contribution < 1.29 is 4.79 Å². The monoisotopic (exact) mass is 291 g/mol. The lowest BCUT2D eigenvalue weighted by Crippen LogP contribution is -2.46. The molecule has 3 rings (SSSR count). The van der Waals surface area contributed by atoms with Crippen LogP contribution in [-0.4, -0.2) is 46.7 Å². The van der Waals surface area contributed by atoms with Crippen LogP contribution in [0.1, 0.15) is 43.5 Å². The number of nitrogen functional groups attached to an aromatic ring is 1. The fourth-order valence-corrected chi connectivity index (χ4v) is 3.05. The lowest BCUT2D eigenvalue weighted by molar-refractivity contribution is 0.0605. The number of aromatic nitrogens is 2. The van der Waals surface area contributed by atoms with Gasteiger partial charge in [0.2, 0.25) is 0 Å². The third-order valence-electron chi connectivity index (χ3n) is 5.06. The Balaban J connectivity index is 1.52. The molecule has 0 bridgehead atoms. The molecule has 1 saturated heterocycles. The molecule has 6 heteroatoms.